The molecule has 0 unspecified atom stereocenters. The van der Waals surface area contributed by atoms with Gasteiger partial charge in [0, 0.05) is 12.4 Å². The number of aromatic nitrogens is 4. The van der Waals surface area contributed by atoms with Gasteiger partial charge in [0.15, 0.2) is 11.6 Å². The average molecular weight is 243 g/mol. The molecule has 0 bridgehead atoms. The summed E-state index contributed by atoms with van der Waals surface area (Å²) in [6.07, 6.45) is 2.81. The minimum absolute atomic E-state index is 0.135. The summed E-state index contributed by atoms with van der Waals surface area (Å²) in [5.74, 6) is -0.0237. The molecule has 1 N–H and O–H groups in total. The molecule has 18 heavy (non-hydrogen) atoms. The highest BCUT2D eigenvalue weighted by Gasteiger charge is 2.12. The average Bonchev–Trinajstić information content (AvgIpc) is 2.83. The zero-order valence-electron chi connectivity index (χ0n) is 9.63. The lowest BCUT2D eigenvalue weighted by atomic mass is 10.2. The normalized spacial score (nSPS) is 10.8. The van der Waals surface area contributed by atoms with Crippen LogP contribution in [-0.2, 0) is 0 Å². The molecule has 0 radical (unpaired) electrons. The maximum atomic E-state index is 13.8. The molecule has 0 aliphatic heterocycles. The van der Waals surface area contributed by atoms with Crippen LogP contribution >= 0.6 is 0 Å². The van der Waals surface area contributed by atoms with Gasteiger partial charge in [-0.2, -0.15) is 10.1 Å². The maximum absolute atomic E-state index is 13.8. The van der Waals surface area contributed by atoms with Crippen LogP contribution in [0.3, 0.4) is 0 Å². The van der Waals surface area contributed by atoms with E-state index in [2.05, 4.69) is 20.4 Å². The van der Waals surface area contributed by atoms with Crippen molar-refractivity contribution in [3.05, 3.63) is 42.5 Å². The summed E-state index contributed by atoms with van der Waals surface area (Å²) < 4.78 is 15.2. The van der Waals surface area contributed by atoms with E-state index in [1.807, 2.05) is 24.3 Å². The molecule has 0 saturated carbocycles. The van der Waals surface area contributed by atoms with Crippen LogP contribution in [0.25, 0.3) is 16.7 Å². The number of rotatable bonds is 2. The third kappa shape index (κ3) is 1.58. The van der Waals surface area contributed by atoms with Gasteiger partial charge in [-0.25, -0.2) is 14.1 Å². The Morgan fingerprint density at radius 2 is 2.06 bits per heavy atom. The molecule has 0 fully saturated rings. The largest absolute Gasteiger partial charge is 0.357 e. The van der Waals surface area contributed by atoms with Crippen molar-refractivity contribution < 1.29 is 4.39 Å². The molecule has 0 spiro atoms. The Morgan fingerprint density at radius 3 is 2.89 bits per heavy atom. The molecule has 1 aromatic carbocycles. The molecule has 3 rings (SSSR count). The maximum Gasteiger partial charge on any atom is 0.224 e. The third-order valence-corrected chi connectivity index (χ3v) is 2.63. The van der Waals surface area contributed by atoms with Gasteiger partial charge in [0.2, 0.25) is 5.95 Å². The van der Waals surface area contributed by atoms with E-state index in [0.717, 1.165) is 17.1 Å². The van der Waals surface area contributed by atoms with Gasteiger partial charge >= 0.3 is 0 Å². The lowest BCUT2D eigenvalue weighted by molar-refractivity contribution is 0.596. The third-order valence-electron chi connectivity index (χ3n) is 2.63. The molecule has 0 amide bonds. The van der Waals surface area contributed by atoms with Crippen molar-refractivity contribution in [3.8, 4) is 5.82 Å². The molecular weight excluding hydrogens is 233 g/mol. The van der Waals surface area contributed by atoms with Gasteiger partial charge < -0.3 is 5.32 Å². The van der Waals surface area contributed by atoms with Crippen molar-refractivity contribution in [2.75, 3.05) is 12.4 Å². The number of benzene rings is 1. The second kappa shape index (κ2) is 4.06. The van der Waals surface area contributed by atoms with Crippen molar-refractivity contribution >= 4 is 16.9 Å². The van der Waals surface area contributed by atoms with E-state index in [4.69, 9.17) is 0 Å². The predicted octanol–water partition coefficient (Wildman–Crippen LogP) is 2.00. The topological polar surface area (TPSA) is 55.6 Å². The minimum atomic E-state index is -0.511. The Bertz CT molecular complexity index is 707. The van der Waals surface area contributed by atoms with Crippen molar-refractivity contribution in [1.29, 1.82) is 0 Å². The van der Waals surface area contributed by atoms with E-state index < -0.39 is 5.82 Å². The molecule has 2 heterocycles. The highest BCUT2D eigenvalue weighted by molar-refractivity contribution is 5.79. The minimum Gasteiger partial charge on any atom is -0.357 e. The van der Waals surface area contributed by atoms with Crippen LogP contribution in [0.2, 0.25) is 0 Å². The van der Waals surface area contributed by atoms with E-state index >= 15 is 0 Å². The Labute approximate surface area is 102 Å². The molecule has 0 atom stereocenters. The fourth-order valence-electron chi connectivity index (χ4n) is 1.77. The molecule has 90 valence electrons. The monoisotopic (exact) mass is 243 g/mol. The molecule has 0 aliphatic rings. The first kappa shape index (κ1) is 10.6. The second-order valence-corrected chi connectivity index (χ2v) is 3.73. The van der Waals surface area contributed by atoms with Crippen LogP contribution in [-0.4, -0.2) is 26.8 Å². The van der Waals surface area contributed by atoms with Gasteiger partial charge in [-0.1, -0.05) is 18.2 Å². The van der Waals surface area contributed by atoms with Crippen LogP contribution in [0, 0.1) is 5.82 Å². The lowest BCUT2D eigenvalue weighted by Gasteiger charge is -2.05. The van der Waals surface area contributed by atoms with Crippen molar-refractivity contribution in [2.24, 2.45) is 0 Å². The summed E-state index contributed by atoms with van der Waals surface area (Å²) in [7, 11) is 1.68. The number of anilines is 1. The van der Waals surface area contributed by atoms with Crippen LogP contribution in [0.15, 0.2) is 36.7 Å². The Hall–Kier alpha value is -2.50. The number of hydrogen-bond acceptors (Lipinski definition) is 4. The number of nitrogens with zero attached hydrogens (tertiary/aromatic N) is 4. The van der Waals surface area contributed by atoms with Crippen LogP contribution in [0.1, 0.15) is 0 Å². The van der Waals surface area contributed by atoms with E-state index in [-0.39, 0.29) is 5.82 Å². The van der Waals surface area contributed by atoms with Gasteiger partial charge in [-0.15, -0.1) is 0 Å². The summed E-state index contributed by atoms with van der Waals surface area (Å²) in [6, 6.07) is 7.56. The molecular formula is C12H10FN5. The molecule has 0 saturated heterocycles. The zero-order valence-corrected chi connectivity index (χ0v) is 9.63. The smallest absolute Gasteiger partial charge is 0.224 e. The van der Waals surface area contributed by atoms with Gasteiger partial charge in [0.05, 0.1) is 17.9 Å². The summed E-state index contributed by atoms with van der Waals surface area (Å²) >= 11 is 0. The quantitative estimate of drug-likeness (QED) is 0.748. The zero-order chi connectivity index (χ0) is 12.5. The number of fused-ring (bicyclic) bond motifs is 1. The number of halogens is 1. The summed E-state index contributed by atoms with van der Waals surface area (Å²) in [6.45, 7) is 0. The molecule has 3 aromatic rings. The molecule has 5 nitrogen and oxygen atoms in total. The standard InChI is InChI=1S/C12H10FN5/c1-14-12-15-7-9(13)11(17-12)18-10-5-3-2-4-8(10)6-16-18/h2-7H,1H3,(H,14,15,17). The number of nitrogens with one attached hydrogen (secondary N) is 1. The molecule has 0 aliphatic carbocycles. The Balaban J connectivity index is 2.25. The van der Waals surface area contributed by atoms with Gasteiger partial charge in [-0.3, -0.25) is 0 Å². The highest BCUT2D eigenvalue weighted by Crippen LogP contribution is 2.18. The summed E-state index contributed by atoms with van der Waals surface area (Å²) in [5, 5.41) is 7.87. The van der Waals surface area contributed by atoms with E-state index in [1.54, 1.807) is 13.2 Å². The molecule has 6 heteroatoms. The van der Waals surface area contributed by atoms with Gasteiger partial charge in [0.25, 0.3) is 0 Å². The van der Waals surface area contributed by atoms with Crippen LogP contribution in [0.4, 0.5) is 10.3 Å². The van der Waals surface area contributed by atoms with Crippen molar-refractivity contribution in [3.63, 3.8) is 0 Å². The first-order chi connectivity index (χ1) is 8.79. The predicted molar refractivity (Wildman–Crippen MR) is 66.2 cm³/mol. The van der Waals surface area contributed by atoms with Crippen molar-refractivity contribution in [2.45, 2.75) is 0 Å². The van der Waals surface area contributed by atoms with E-state index in [0.29, 0.717) is 5.95 Å². The van der Waals surface area contributed by atoms with Crippen LogP contribution in [0.5, 0.6) is 0 Å². The fraction of sp³-hybridized carbons (Fsp3) is 0.0833. The molecule has 2 aromatic heterocycles. The van der Waals surface area contributed by atoms with Crippen LogP contribution < -0.4 is 5.32 Å². The van der Waals surface area contributed by atoms with E-state index in [9.17, 15) is 4.39 Å². The summed E-state index contributed by atoms with van der Waals surface area (Å²) in [4.78, 5) is 7.90. The summed E-state index contributed by atoms with van der Waals surface area (Å²) in [5.41, 5.74) is 0.803. The Kier molecular flexibility index (Phi) is 2.40. The van der Waals surface area contributed by atoms with Gasteiger partial charge in [0.1, 0.15) is 0 Å². The SMILES string of the molecule is CNc1ncc(F)c(-n2ncc3ccccc32)n1. The first-order valence-corrected chi connectivity index (χ1v) is 5.43. The fourth-order valence-corrected chi connectivity index (χ4v) is 1.77. The number of hydrogen-bond donors (Lipinski definition) is 1. The number of para-hydroxylation sites is 1. The van der Waals surface area contributed by atoms with Crippen molar-refractivity contribution in [1.82, 2.24) is 19.7 Å². The lowest BCUT2D eigenvalue weighted by Crippen LogP contribution is -2.06. The second-order valence-electron chi connectivity index (χ2n) is 3.73. The highest BCUT2D eigenvalue weighted by atomic mass is 19.1. The van der Waals surface area contributed by atoms with Gasteiger partial charge in [-0.05, 0) is 6.07 Å². The first-order valence-electron chi connectivity index (χ1n) is 5.43. The van der Waals surface area contributed by atoms with E-state index in [1.165, 1.54) is 4.68 Å². The Morgan fingerprint density at radius 1 is 1.22 bits per heavy atom.